The Morgan fingerprint density at radius 1 is 1.24 bits per heavy atom. The van der Waals surface area contributed by atoms with Gasteiger partial charge in [-0.1, -0.05) is 41.8 Å². The lowest BCUT2D eigenvalue weighted by molar-refractivity contribution is 0.0987. The number of pyridine rings is 1. The van der Waals surface area contributed by atoms with Gasteiger partial charge < -0.3 is 4.52 Å². The normalized spacial score (nSPS) is 15.2. The second-order valence-electron chi connectivity index (χ2n) is 6.18. The van der Waals surface area contributed by atoms with Crippen molar-refractivity contribution in [3.8, 4) is 10.4 Å². The second-order valence-corrected chi connectivity index (χ2v) is 7.21. The third kappa shape index (κ3) is 3.61. The van der Waals surface area contributed by atoms with Gasteiger partial charge >= 0.3 is 0 Å². The third-order valence-corrected chi connectivity index (χ3v) is 5.41. The number of carbonyl (C=O) groups excluding carboxylic acids is 1. The van der Waals surface area contributed by atoms with Gasteiger partial charge in [-0.05, 0) is 18.9 Å². The highest BCUT2D eigenvalue weighted by molar-refractivity contribution is 7.19. The molecule has 3 heterocycles. The summed E-state index contributed by atoms with van der Waals surface area (Å²) in [4.78, 5) is 21.7. The minimum Gasteiger partial charge on any atom is -0.351 e. The molecule has 1 aliphatic rings. The molecule has 0 aromatic carbocycles. The Labute approximate surface area is 149 Å². The minimum absolute atomic E-state index is 0.235. The second kappa shape index (κ2) is 7.14. The fourth-order valence-electron chi connectivity index (χ4n) is 3.12. The van der Waals surface area contributed by atoms with Crippen molar-refractivity contribution < 1.29 is 9.32 Å². The van der Waals surface area contributed by atoms with Gasteiger partial charge in [0.15, 0.2) is 5.13 Å². The van der Waals surface area contributed by atoms with E-state index in [9.17, 15) is 4.79 Å². The van der Waals surface area contributed by atoms with E-state index in [0.29, 0.717) is 11.0 Å². The predicted octanol–water partition coefficient (Wildman–Crippen LogP) is 4.49. The smallest absolute Gasteiger partial charge is 0.296 e. The van der Waals surface area contributed by atoms with Crippen LogP contribution in [0.15, 0.2) is 41.3 Å². The van der Waals surface area contributed by atoms with Crippen LogP contribution in [0, 0.1) is 0 Å². The molecule has 6 nitrogen and oxygen atoms in total. The van der Waals surface area contributed by atoms with Crippen LogP contribution in [0.1, 0.15) is 54.3 Å². The van der Waals surface area contributed by atoms with E-state index in [-0.39, 0.29) is 11.7 Å². The highest BCUT2D eigenvalue weighted by Crippen LogP contribution is 2.32. The first kappa shape index (κ1) is 16.0. The van der Waals surface area contributed by atoms with Crippen LogP contribution in [0.25, 0.3) is 10.4 Å². The van der Waals surface area contributed by atoms with E-state index in [1.54, 1.807) is 24.7 Å². The molecule has 0 bridgehead atoms. The summed E-state index contributed by atoms with van der Waals surface area (Å²) < 4.78 is 5.25. The van der Waals surface area contributed by atoms with Crippen molar-refractivity contribution in [1.82, 2.24) is 15.1 Å². The molecule has 1 aliphatic carbocycles. The maximum Gasteiger partial charge on any atom is 0.296 e. The molecule has 0 atom stereocenters. The maximum atomic E-state index is 12.4. The Balaban J connectivity index is 1.44. The number of nitrogens with zero attached hydrogens (tertiary/aromatic N) is 3. The van der Waals surface area contributed by atoms with Crippen molar-refractivity contribution in [2.45, 2.75) is 38.0 Å². The van der Waals surface area contributed by atoms with Crippen LogP contribution in [0.5, 0.6) is 0 Å². The molecule has 0 spiro atoms. The molecule has 0 saturated heterocycles. The first-order chi connectivity index (χ1) is 12.3. The Hall–Kier alpha value is -2.54. The zero-order valence-electron chi connectivity index (χ0n) is 13.6. The number of hydrogen-bond acceptors (Lipinski definition) is 6. The number of carbonyl (C=O) groups is 1. The number of aromatic nitrogens is 3. The van der Waals surface area contributed by atoms with Crippen LogP contribution in [-0.2, 0) is 0 Å². The summed E-state index contributed by atoms with van der Waals surface area (Å²) in [5.74, 6) is 0.330. The molecule has 128 valence electrons. The monoisotopic (exact) mass is 354 g/mol. The average Bonchev–Trinajstić information content (AvgIpc) is 3.33. The van der Waals surface area contributed by atoms with Crippen molar-refractivity contribution in [1.29, 1.82) is 0 Å². The summed E-state index contributed by atoms with van der Waals surface area (Å²) in [5.41, 5.74) is 1.86. The van der Waals surface area contributed by atoms with Gasteiger partial charge in [0.1, 0.15) is 0 Å². The summed E-state index contributed by atoms with van der Waals surface area (Å²) in [6.07, 6.45) is 11.2. The van der Waals surface area contributed by atoms with Gasteiger partial charge in [0.25, 0.3) is 5.91 Å². The number of nitrogens with one attached hydrogen (secondary N) is 1. The first-order valence-corrected chi connectivity index (χ1v) is 9.25. The molecule has 25 heavy (non-hydrogen) atoms. The Bertz CT molecular complexity index is 853. The van der Waals surface area contributed by atoms with Crippen LogP contribution in [0.4, 0.5) is 5.13 Å². The van der Waals surface area contributed by atoms with Crippen LogP contribution in [-0.4, -0.2) is 21.0 Å². The van der Waals surface area contributed by atoms with E-state index < -0.39 is 0 Å². The Kier molecular flexibility index (Phi) is 4.56. The standard InChI is InChI=1S/C18H18N4O2S/c23-17(15-9-14(22-24-15)12-5-2-1-3-6-12)21-18-20-11-16(25-18)13-7-4-8-19-10-13/h4,7-12H,1-3,5-6H2,(H,20,21,23). The van der Waals surface area contributed by atoms with Gasteiger partial charge in [0.2, 0.25) is 5.76 Å². The molecule has 7 heteroatoms. The van der Waals surface area contributed by atoms with E-state index in [0.717, 1.165) is 29.0 Å². The summed E-state index contributed by atoms with van der Waals surface area (Å²) in [5, 5.41) is 7.40. The molecular formula is C18H18N4O2S. The lowest BCUT2D eigenvalue weighted by Gasteiger charge is -2.18. The topological polar surface area (TPSA) is 80.9 Å². The molecule has 0 unspecified atom stereocenters. The van der Waals surface area contributed by atoms with Gasteiger partial charge in [-0.25, -0.2) is 4.98 Å². The molecule has 4 rings (SSSR count). The predicted molar refractivity (Wildman–Crippen MR) is 95.6 cm³/mol. The molecule has 3 aromatic rings. The highest BCUT2D eigenvalue weighted by Gasteiger charge is 2.22. The molecule has 3 aromatic heterocycles. The van der Waals surface area contributed by atoms with E-state index >= 15 is 0 Å². The van der Waals surface area contributed by atoms with E-state index in [1.165, 1.54) is 30.6 Å². The van der Waals surface area contributed by atoms with E-state index in [4.69, 9.17) is 4.52 Å². The van der Waals surface area contributed by atoms with Crippen molar-refractivity contribution in [3.63, 3.8) is 0 Å². The fraction of sp³-hybridized carbons (Fsp3) is 0.333. The Morgan fingerprint density at radius 2 is 2.12 bits per heavy atom. The molecule has 1 amide bonds. The number of rotatable bonds is 4. The highest BCUT2D eigenvalue weighted by atomic mass is 32.1. The van der Waals surface area contributed by atoms with Crippen molar-refractivity contribution >= 4 is 22.4 Å². The quantitative estimate of drug-likeness (QED) is 0.746. The zero-order valence-corrected chi connectivity index (χ0v) is 14.5. The zero-order chi connectivity index (χ0) is 17.1. The summed E-state index contributed by atoms with van der Waals surface area (Å²) >= 11 is 1.40. The summed E-state index contributed by atoms with van der Waals surface area (Å²) in [7, 11) is 0. The van der Waals surface area contributed by atoms with Crippen molar-refractivity contribution in [2.75, 3.05) is 5.32 Å². The van der Waals surface area contributed by atoms with Gasteiger partial charge in [0.05, 0.1) is 10.6 Å². The van der Waals surface area contributed by atoms with Crippen molar-refractivity contribution in [3.05, 3.63) is 48.2 Å². The number of hydrogen-bond donors (Lipinski definition) is 1. The first-order valence-electron chi connectivity index (χ1n) is 8.44. The van der Waals surface area contributed by atoms with Crippen molar-refractivity contribution in [2.24, 2.45) is 0 Å². The number of anilines is 1. The molecule has 0 aliphatic heterocycles. The average molecular weight is 354 g/mol. The lowest BCUT2D eigenvalue weighted by atomic mass is 9.87. The van der Waals surface area contributed by atoms with Crippen LogP contribution in [0.2, 0.25) is 0 Å². The minimum atomic E-state index is -0.318. The molecule has 1 fully saturated rings. The van der Waals surface area contributed by atoms with Gasteiger partial charge in [-0.15, -0.1) is 0 Å². The van der Waals surface area contributed by atoms with E-state index in [2.05, 4.69) is 20.4 Å². The molecule has 0 radical (unpaired) electrons. The number of thiazole rings is 1. The maximum absolute atomic E-state index is 12.4. The fourth-order valence-corrected chi connectivity index (χ4v) is 3.92. The largest absolute Gasteiger partial charge is 0.351 e. The van der Waals surface area contributed by atoms with Crippen LogP contribution in [0.3, 0.4) is 0 Å². The lowest BCUT2D eigenvalue weighted by Crippen LogP contribution is -2.10. The van der Waals surface area contributed by atoms with Crippen LogP contribution >= 0.6 is 11.3 Å². The summed E-state index contributed by atoms with van der Waals surface area (Å²) in [6.45, 7) is 0. The number of amides is 1. The van der Waals surface area contributed by atoms with Crippen LogP contribution < -0.4 is 5.32 Å². The van der Waals surface area contributed by atoms with Gasteiger partial charge in [-0.3, -0.25) is 15.1 Å². The molecular weight excluding hydrogens is 336 g/mol. The summed E-state index contributed by atoms with van der Waals surface area (Å²) in [6, 6.07) is 5.59. The van der Waals surface area contributed by atoms with Gasteiger partial charge in [-0.2, -0.15) is 0 Å². The van der Waals surface area contributed by atoms with Gasteiger partial charge in [0, 0.05) is 36.1 Å². The third-order valence-electron chi connectivity index (χ3n) is 4.45. The van der Waals surface area contributed by atoms with E-state index in [1.807, 2.05) is 12.1 Å². The Morgan fingerprint density at radius 3 is 2.92 bits per heavy atom. The molecule has 1 saturated carbocycles. The SMILES string of the molecule is O=C(Nc1ncc(-c2cccnc2)s1)c1cc(C2CCCCC2)no1. The molecule has 1 N–H and O–H groups in total.